The van der Waals surface area contributed by atoms with E-state index in [1.54, 1.807) is 37.8 Å². The third-order valence-corrected chi connectivity index (χ3v) is 11.4. The van der Waals surface area contributed by atoms with Gasteiger partial charge in [-0.25, -0.2) is 8.42 Å². The Hall–Kier alpha value is -3.96. The molecule has 5 rings (SSSR count). The van der Waals surface area contributed by atoms with Crippen molar-refractivity contribution in [2.45, 2.75) is 89.4 Å². The number of piperidine rings is 2. The van der Waals surface area contributed by atoms with Gasteiger partial charge in [-0.15, -0.1) is 0 Å². The van der Waals surface area contributed by atoms with Crippen molar-refractivity contribution in [1.29, 1.82) is 0 Å². The van der Waals surface area contributed by atoms with Crippen LogP contribution in [0, 0.1) is 13.8 Å². The van der Waals surface area contributed by atoms with Crippen LogP contribution >= 0.6 is 0 Å². The quantitative estimate of drug-likeness (QED) is 0.347. The first-order valence-electron chi connectivity index (χ1n) is 16.5. The molecule has 2 saturated heterocycles. The summed E-state index contributed by atoms with van der Waals surface area (Å²) < 4.78 is 114. The number of amidine groups is 1. The molecular formula is C35H40F6N4O6S. The van der Waals surface area contributed by atoms with Gasteiger partial charge < -0.3 is 20.1 Å². The number of amides is 2. The van der Waals surface area contributed by atoms with Crippen LogP contribution in [0.25, 0.3) is 6.08 Å². The molecule has 0 aromatic heterocycles. The van der Waals surface area contributed by atoms with E-state index in [1.807, 2.05) is 0 Å². The molecule has 0 unspecified atom stereocenters. The number of carbonyl (C=O) groups is 2. The maximum atomic E-state index is 13.9. The number of aliphatic hydroxyl groups is 1. The Kier molecular flexibility index (Phi) is 10.2. The second-order valence-electron chi connectivity index (χ2n) is 14.3. The Morgan fingerprint density at radius 2 is 1.54 bits per heavy atom. The minimum atomic E-state index is -5.10. The lowest BCUT2D eigenvalue weighted by molar-refractivity contribution is -0.236. The van der Waals surface area contributed by atoms with Gasteiger partial charge in [-0.05, 0) is 113 Å². The number of aryl methyl sites for hydroxylation is 2. The monoisotopic (exact) mass is 758 g/mol. The van der Waals surface area contributed by atoms with E-state index in [1.165, 1.54) is 10.4 Å². The highest BCUT2D eigenvalue weighted by atomic mass is 32.2. The minimum absolute atomic E-state index is 0.0801. The highest BCUT2D eigenvalue weighted by Gasteiger charge is 2.51. The van der Waals surface area contributed by atoms with Crippen LogP contribution in [0.4, 0.5) is 26.3 Å². The van der Waals surface area contributed by atoms with E-state index in [0.717, 1.165) is 17.5 Å². The summed E-state index contributed by atoms with van der Waals surface area (Å²) in [6.45, 7) is 7.05. The molecule has 0 saturated carbocycles. The summed E-state index contributed by atoms with van der Waals surface area (Å²) in [7, 11) is -4.00. The van der Waals surface area contributed by atoms with Crippen molar-refractivity contribution in [2.75, 3.05) is 26.2 Å². The number of carbonyl (C=O) groups excluding carboxylic acids is 2. The highest BCUT2D eigenvalue weighted by molar-refractivity contribution is 7.92. The summed E-state index contributed by atoms with van der Waals surface area (Å²) in [5.74, 6) is -2.09. The van der Waals surface area contributed by atoms with Crippen LogP contribution in [0.15, 0.2) is 40.7 Å². The zero-order valence-corrected chi connectivity index (χ0v) is 30.0. The summed E-state index contributed by atoms with van der Waals surface area (Å²) >= 11 is 0. The van der Waals surface area contributed by atoms with Gasteiger partial charge in [-0.1, -0.05) is 0 Å². The number of aliphatic imine (C=N–C) groups is 1. The number of nitrogens with one attached hydrogen (secondary N) is 1. The van der Waals surface area contributed by atoms with E-state index in [9.17, 15) is 49.5 Å². The van der Waals surface area contributed by atoms with Crippen LogP contribution in [0.2, 0.25) is 0 Å². The highest BCUT2D eigenvalue weighted by Crippen LogP contribution is 2.42. The zero-order valence-electron chi connectivity index (χ0n) is 29.2. The molecule has 0 atom stereocenters. The lowest BCUT2D eigenvalue weighted by Gasteiger charge is -2.36. The van der Waals surface area contributed by atoms with E-state index >= 15 is 0 Å². The molecule has 3 aliphatic heterocycles. The molecule has 0 radical (unpaired) electrons. The van der Waals surface area contributed by atoms with Crippen LogP contribution in [0.1, 0.15) is 84.6 Å². The van der Waals surface area contributed by atoms with E-state index in [2.05, 4.69) is 10.3 Å². The van der Waals surface area contributed by atoms with Crippen LogP contribution in [0.3, 0.4) is 0 Å². The molecule has 2 N–H and O–H groups in total. The fourth-order valence-electron chi connectivity index (χ4n) is 6.40. The maximum Gasteiger partial charge on any atom is 0.427 e. The van der Waals surface area contributed by atoms with Crippen molar-refractivity contribution in [1.82, 2.24) is 14.5 Å². The predicted octanol–water partition coefficient (Wildman–Crippen LogP) is 5.74. The Morgan fingerprint density at radius 1 is 0.962 bits per heavy atom. The first-order valence-corrected chi connectivity index (χ1v) is 18.0. The molecule has 52 heavy (non-hydrogen) atoms. The number of alkyl halides is 6. The number of rotatable bonds is 7. The fourth-order valence-corrected chi connectivity index (χ4v) is 7.57. The third kappa shape index (κ3) is 8.00. The number of likely N-dealkylation sites (tertiary alicyclic amines) is 1. The van der Waals surface area contributed by atoms with Crippen molar-refractivity contribution >= 4 is 33.7 Å². The fraction of sp³-hybridized carbons (Fsp3) is 0.514. The number of benzene rings is 2. The summed E-state index contributed by atoms with van der Waals surface area (Å²) in [4.78, 5) is 32.3. The first-order chi connectivity index (χ1) is 23.8. The molecule has 2 fully saturated rings. The standard InChI is InChI=1S/C35H40F6N4O6S/c1-21-18-24(29(46)44-13-9-32(5,48)10-14-44)19-22(2)25(21)8-17-52(49,50)45-15-11-33(12-16-45)30(47)42-28(43-33)23-6-7-27(26(20-23)34(36,37)38)51-31(3,4)35(39,40)41/h6-8,17-20,48H,9-16H2,1-5H3,(H,42,43,47)/b17-8+. The molecule has 0 bridgehead atoms. The molecule has 3 heterocycles. The van der Waals surface area contributed by atoms with E-state index in [-0.39, 0.29) is 43.2 Å². The number of hydrogen-bond donors (Lipinski definition) is 2. The van der Waals surface area contributed by atoms with Crippen LogP contribution in [-0.2, 0) is 21.0 Å². The average Bonchev–Trinajstić information content (AvgIpc) is 3.34. The lowest BCUT2D eigenvalue weighted by atomic mass is 9.89. The molecule has 1 spiro atoms. The SMILES string of the molecule is Cc1cc(C(=O)N2CCC(C)(O)CC2)cc(C)c1/C=C/S(=O)(=O)N1CCC2(CC1)N=C(c1ccc(OC(C)(C)C(F)(F)F)c(C(F)(F)F)c1)NC2=O. The van der Waals surface area contributed by atoms with Crippen molar-refractivity contribution < 1.29 is 54.2 Å². The topological polar surface area (TPSA) is 129 Å². The van der Waals surface area contributed by atoms with E-state index in [0.29, 0.717) is 68.1 Å². The molecular weight excluding hydrogens is 718 g/mol. The second-order valence-corrected chi connectivity index (χ2v) is 16.1. The average molecular weight is 759 g/mol. The van der Waals surface area contributed by atoms with Gasteiger partial charge in [0.25, 0.3) is 11.8 Å². The van der Waals surface area contributed by atoms with E-state index < -0.39 is 56.3 Å². The van der Waals surface area contributed by atoms with Crippen molar-refractivity contribution in [3.63, 3.8) is 0 Å². The molecule has 2 aromatic carbocycles. The Bertz CT molecular complexity index is 1900. The number of nitrogens with zero attached hydrogens (tertiary/aromatic N) is 3. The zero-order chi connectivity index (χ0) is 38.7. The van der Waals surface area contributed by atoms with Gasteiger partial charge >= 0.3 is 12.4 Å². The Morgan fingerprint density at radius 3 is 2.08 bits per heavy atom. The smallest absolute Gasteiger partial charge is 0.427 e. The van der Waals surface area contributed by atoms with Crippen molar-refractivity contribution in [3.05, 3.63) is 69.1 Å². The van der Waals surface area contributed by atoms with Crippen LogP contribution in [-0.4, -0.2) is 89.5 Å². The number of ether oxygens (including phenoxy) is 1. The maximum absolute atomic E-state index is 13.9. The van der Waals surface area contributed by atoms with Gasteiger partial charge in [-0.3, -0.25) is 14.6 Å². The summed E-state index contributed by atoms with van der Waals surface area (Å²) in [5.41, 5.74) is -4.48. The largest absolute Gasteiger partial charge is 0.478 e. The van der Waals surface area contributed by atoms with Crippen molar-refractivity contribution in [3.8, 4) is 5.75 Å². The molecule has 284 valence electrons. The normalized spacial score (nSPS) is 20.0. The lowest BCUT2D eigenvalue weighted by Crippen LogP contribution is -2.50. The van der Waals surface area contributed by atoms with Gasteiger partial charge in [0.2, 0.25) is 10.0 Å². The van der Waals surface area contributed by atoms with Gasteiger partial charge in [0.15, 0.2) is 5.60 Å². The van der Waals surface area contributed by atoms with E-state index in [4.69, 9.17) is 4.74 Å². The Labute approximate surface area is 297 Å². The van der Waals surface area contributed by atoms with Gasteiger partial charge in [0, 0.05) is 42.7 Å². The summed E-state index contributed by atoms with van der Waals surface area (Å²) in [5, 5.41) is 13.7. The number of hydrogen-bond acceptors (Lipinski definition) is 7. The molecule has 2 amide bonds. The third-order valence-electron chi connectivity index (χ3n) is 9.87. The van der Waals surface area contributed by atoms with Gasteiger partial charge in [0.1, 0.15) is 17.1 Å². The second kappa shape index (κ2) is 13.5. The Balaban J connectivity index is 1.29. The summed E-state index contributed by atoms with van der Waals surface area (Å²) in [6.07, 6.45) is -7.86. The van der Waals surface area contributed by atoms with Gasteiger partial charge in [-0.2, -0.15) is 30.6 Å². The molecule has 3 aliphatic rings. The predicted molar refractivity (Wildman–Crippen MR) is 180 cm³/mol. The summed E-state index contributed by atoms with van der Waals surface area (Å²) in [6, 6.07) is 5.73. The van der Waals surface area contributed by atoms with Crippen LogP contribution < -0.4 is 10.1 Å². The molecule has 0 aliphatic carbocycles. The molecule has 17 heteroatoms. The van der Waals surface area contributed by atoms with Gasteiger partial charge in [0.05, 0.1) is 11.2 Å². The van der Waals surface area contributed by atoms with Crippen molar-refractivity contribution in [2.24, 2.45) is 4.99 Å². The molecule has 10 nitrogen and oxygen atoms in total. The van der Waals surface area contributed by atoms with Crippen LogP contribution in [0.5, 0.6) is 5.75 Å². The molecule has 2 aromatic rings. The first kappa shape index (κ1) is 39.3. The number of sulfonamides is 1. The minimum Gasteiger partial charge on any atom is -0.478 e. The number of halogens is 6.